The largest absolute Gasteiger partial charge is 0.482 e. The predicted octanol–water partition coefficient (Wildman–Crippen LogP) is 3.52. The third-order valence-corrected chi connectivity index (χ3v) is 4.69. The van der Waals surface area contributed by atoms with E-state index >= 15 is 0 Å². The third-order valence-electron chi connectivity index (χ3n) is 4.69. The Morgan fingerprint density at radius 3 is 2.52 bits per heavy atom. The van der Waals surface area contributed by atoms with E-state index in [0.717, 1.165) is 16.8 Å². The van der Waals surface area contributed by atoms with E-state index in [0.29, 0.717) is 11.6 Å². The van der Waals surface area contributed by atoms with Gasteiger partial charge in [0.25, 0.3) is 5.91 Å². The molecule has 3 rings (SSSR count). The molecule has 0 saturated carbocycles. The number of aromatic nitrogens is 1. The first-order chi connectivity index (χ1) is 15.8. The fourth-order valence-corrected chi connectivity index (χ4v) is 3.10. The van der Waals surface area contributed by atoms with E-state index in [1.807, 2.05) is 0 Å². The molecule has 3 aromatic rings. The lowest BCUT2D eigenvalue weighted by Gasteiger charge is -2.16. The Bertz CT molecular complexity index is 1260. The molecule has 33 heavy (non-hydrogen) atoms. The number of benzene rings is 2. The fourth-order valence-electron chi connectivity index (χ4n) is 3.10. The normalized spacial score (nSPS) is 10.5. The van der Waals surface area contributed by atoms with Crippen LogP contribution in [0.1, 0.15) is 32.0 Å². The van der Waals surface area contributed by atoms with Gasteiger partial charge in [-0.1, -0.05) is 42.5 Å². The second-order valence-corrected chi connectivity index (χ2v) is 6.99. The minimum atomic E-state index is -1.42. The molecule has 170 valence electrons. The topological polar surface area (TPSA) is 97.6 Å². The quantitative estimate of drug-likeness (QED) is 0.482. The Morgan fingerprint density at radius 2 is 1.88 bits per heavy atom. The van der Waals surface area contributed by atoms with Crippen molar-refractivity contribution < 1.29 is 28.2 Å². The molecule has 7 nitrogen and oxygen atoms in total. The van der Waals surface area contributed by atoms with Crippen LogP contribution in [-0.2, 0) is 19.7 Å². The standard InChI is InChI=1S/C24H20F2N2O5/c1-2-10-28-13-18(23(30)27-12-16-8-9-17(25)11-19(16)26)21(29)22(20(28)24(31)32)33-14-15-6-4-3-5-7-15/h2-9,11,13H,1,10,12,14H2,(H,27,30)(H,31,32). The molecule has 1 heterocycles. The van der Waals surface area contributed by atoms with Gasteiger partial charge in [0.15, 0.2) is 11.4 Å². The van der Waals surface area contributed by atoms with Crippen LogP contribution in [0.4, 0.5) is 8.78 Å². The lowest BCUT2D eigenvalue weighted by molar-refractivity contribution is 0.0676. The van der Waals surface area contributed by atoms with Crippen molar-refractivity contribution in [1.29, 1.82) is 0 Å². The van der Waals surface area contributed by atoms with Gasteiger partial charge in [0.1, 0.15) is 23.8 Å². The molecule has 1 aromatic heterocycles. The maximum Gasteiger partial charge on any atom is 0.356 e. The molecular weight excluding hydrogens is 434 g/mol. The summed E-state index contributed by atoms with van der Waals surface area (Å²) in [7, 11) is 0. The van der Waals surface area contributed by atoms with Crippen molar-refractivity contribution in [2.45, 2.75) is 19.7 Å². The van der Waals surface area contributed by atoms with E-state index in [1.54, 1.807) is 30.3 Å². The number of hydrogen-bond donors (Lipinski definition) is 2. The minimum absolute atomic E-state index is 0.0128. The molecule has 9 heteroatoms. The zero-order valence-corrected chi connectivity index (χ0v) is 17.4. The number of ether oxygens (including phenoxy) is 1. The molecule has 1 amide bonds. The average Bonchev–Trinajstić information content (AvgIpc) is 2.78. The van der Waals surface area contributed by atoms with Crippen LogP contribution >= 0.6 is 0 Å². The molecule has 0 aliphatic rings. The number of pyridine rings is 1. The highest BCUT2D eigenvalue weighted by atomic mass is 19.1. The number of nitrogens with zero attached hydrogens (tertiary/aromatic N) is 1. The van der Waals surface area contributed by atoms with Gasteiger partial charge in [0.05, 0.1) is 0 Å². The van der Waals surface area contributed by atoms with E-state index in [9.17, 15) is 28.3 Å². The lowest BCUT2D eigenvalue weighted by Crippen LogP contribution is -2.32. The monoisotopic (exact) mass is 454 g/mol. The first-order valence-electron chi connectivity index (χ1n) is 9.82. The Hall–Kier alpha value is -4.27. The fraction of sp³-hybridized carbons (Fsp3) is 0.125. The Balaban J connectivity index is 1.96. The first kappa shape index (κ1) is 23.4. The highest BCUT2D eigenvalue weighted by Gasteiger charge is 2.25. The maximum atomic E-state index is 13.9. The second kappa shape index (κ2) is 10.4. The maximum absolute atomic E-state index is 13.9. The smallest absolute Gasteiger partial charge is 0.356 e. The summed E-state index contributed by atoms with van der Waals surface area (Å²) in [5.41, 5.74) is -1.06. The number of carboxylic acid groups (broad SMARTS) is 1. The van der Waals surface area contributed by atoms with E-state index in [-0.39, 0.29) is 25.3 Å². The van der Waals surface area contributed by atoms with Crippen LogP contribution in [0.15, 0.2) is 72.2 Å². The first-order valence-corrected chi connectivity index (χ1v) is 9.82. The van der Waals surface area contributed by atoms with E-state index in [4.69, 9.17) is 4.74 Å². The van der Waals surface area contributed by atoms with Gasteiger partial charge in [-0.15, -0.1) is 6.58 Å². The van der Waals surface area contributed by atoms with Crippen molar-refractivity contribution in [2.24, 2.45) is 0 Å². The highest BCUT2D eigenvalue weighted by Crippen LogP contribution is 2.18. The number of nitrogens with one attached hydrogen (secondary N) is 1. The molecule has 0 spiro atoms. The SMILES string of the molecule is C=CCn1cc(C(=O)NCc2ccc(F)cc2F)c(=O)c(OCc2ccccc2)c1C(=O)O. The minimum Gasteiger partial charge on any atom is -0.482 e. The molecule has 0 bridgehead atoms. The summed E-state index contributed by atoms with van der Waals surface area (Å²) in [5, 5.41) is 12.1. The summed E-state index contributed by atoms with van der Waals surface area (Å²) in [6, 6.07) is 11.7. The summed E-state index contributed by atoms with van der Waals surface area (Å²) < 4.78 is 33.7. The zero-order chi connectivity index (χ0) is 24.0. The number of allylic oxidation sites excluding steroid dienone is 1. The number of hydrogen-bond acceptors (Lipinski definition) is 4. The zero-order valence-electron chi connectivity index (χ0n) is 17.4. The van der Waals surface area contributed by atoms with Gasteiger partial charge in [0, 0.05) is 30.9 Å². The number of carbonyl (C=O) groups excluding carboxylic acids is 1. The molecule has 0 unspecified atom stereocenters. The molecule has 0 atom stereocenters. The van der Waals surface area contributed by atoms with Gasteiger partial charge in [-0.25, -0.2) is 13.6 Å². The van der Waals surface area contributed by atoms with Crippen LogP contribution in [0.5, 0.6) is 5.75 Å². The molecule has 0 saturated heterocycles. The number of aromatic carboxylic acids is 1. The van der Waals surface area contributed by atoms with Gasteiger partial charge in [-0.2, -0.15) is 0 Å². The molecule has 0 aliphatic heterocycles. The number of carboxylic acids is 1. The lowest BCUT2D eigenvalue weighted by atomic mass is 10.1. The summed E-state index contributed by atoms with van der Waals surface area (Å²) in [4.78, 5) is 37.6. The Labute approximate surface area is 187 Å². The van der Waals surface area contributed by atoms with Gasteiger partial charge >= 0.3 is 5.97 Å². The Morgan fingerprint density at radius 1 is 1.15 bits per heavy atom. The second-order valence-electron chi connectivity index (χ2n) is 6.99. The molecule has 0 radical (unpaired) electrons. The Kier molecular flexibility index (Phi) is 7.34. The summed E-state index contributed by atoms with van der Waals surface area (Å²) in [6.45, 7) is 3.13. The predicted molar refractivity (Wildman–Crippen MR) is 116 cm³/mol. The van der Waals surface area contributed by atoms with E-state index < -0.39 is 45.9 Å². The molecule has 2 aromatic carbocycles. The van der Waals surface area contributed by atoms with Crippen molar-refractivity contribution in [1.82, 2.24) is 9.88 Å². The number of halogens is 2. The molecule has 2 N–H and O–H groups in total. The van der Waals surface area contributed by atoms with Gasteiger partial charge < -0.3 is 19.7 Å². The van der Waals surface area contributed by atoms with Crippen LogP contribution in [0.2, 0.25) is 0 Å². The van der Waals surface area contributed by atoms with Crippen LogP contribution in [0.3, 0.4) is 0 Å². The number of rotatable bonds is 9. The van der Waals surface area contributed by atoms with Crippen molar-refractivity contribution in [3.05, 3.63) is 112 Å². The average molecular weight is 454 g/mol. The van der Waals surface area contributed by atoms with Crippen molar-refractivity contribution in [3.63, 3.8) is 0 Å². The van der Waals surface area contributed by atoms with Gasteiger partial charge in [0.2, 0.25) is 5.43 Å². The number of carbonyl (C=O) groups is 2. The van der Waals surface area contributed by atoms with Crippen molar-refractivity contribution >= 4 is 11.9 Å². The van der Waals surface area contributed by atoms with E-state index in [1.165, 1.54) is 12.1 Å². The van der Waals surface area contributed by atoms with Crippen molar-refractivity contribution in [2.75, 3.05) is 0 Å². The molecular formula is C24H20F2N2O5. The molecule has 0 fully saturated rings. The summed E-state index contributed by atoms with van der Waals surface area (Å²) in [5.74, 6) is -4.42. The highest BCUT2D eigenvalue weighted by molar-refractivity contribution is 5.96. The van der Waals surface area contributed by atoms with Crippen LogP contribution in [0.25, 0.3) is 0 Å². The van der Waals surface area contributed by atoms with Gasteiger partial charge in [-0.3, -0.25) is 9.59 Å². The van der Waals surface area contributed by atoms with Crippen LogP contribution in [-0.4, -0.2) is 21.6 Å². The van der Waals surface area contributed by atoms with E-state index in [2.05, 4.69) is 11.9 Å². The molecule has 0 aliphatic carbocycles. The van der Waals surface area contributed by atoms with Crippen LogP contribution in [0, 0.1) is 11.6 Å². The third kappa shape index (κ3) is 5.51. The van der Waals surface area contributed by atoms with Crippen molar-refractivity contribution in [3.8, 4) is 5.75 Å². The summed E-state index contributed by atoms with van der Waals surface area (Å²) in [6.07, 6.45) is 2.48. The van der Waals surface area contributed by atoms with Gasteiger partial charge in [-0.05, 0) is 11.6 Å². The van der Waals surface area contributed by atoms with Crippen LogP contribution < -0.4 is 15.5 Å². The summed E-state index contributed by atoms with van der Waals surface area (Å²) >= 11 is 0. The number of amides is 1.